The molecular formula is C14H16N4OS. The van der Waals surface area contributed by atoms with Crippen molar-refractivity contribution in [1.29, 1.82) is 0 Å². The standard InChI is InChI=1S/C14H16N4OS/c15-13-12(9-2-1-5-16-6-9)14(20-17-13)18-7-10-3-4-11(8-18)19-10/h1-2,5-6,10-11H,3-4,7-8H2,(H2,15,17). The average Bonchev–Trinajstić information content (AvgIpc) is 3.02. The van der Waals surface area contributed by atoms with E-state index in [9.17, 15) is 0 Å². The largest absolute Gasteiger partial charge is 0.382 e. The minimum atomic E-state index is 0.360. The van der Waals surface area contributed by atoms with Crippen molar-refractivity contribution in [3.63, 3.8) is 0 Å². The van der Waals surface area contributed by atoms with Crippen molar-refractivity contribution < 1.29 is 4.74 Å². The van der Waals surface area contributed by atoms with E-state index in [2.05, 4.69) is 14.3 Å². The van der Waals surface area contributed by atoms with E-state index < -0.39 is 0 Å². The van der Waals surface area contributed by atoms with Crippen LogP contribution in [0.5, 0.6) is 0 Å². The summed E-state index contributed by atoms with van der Waals surface area (Å²) >= 11 is 1.48. The Kier molecular flexibility index (Phi) is 2.85. The van der Waals surface area contributed by atoms with Crippen LogP contribution in [-0.4, -0.2) is 34.7 Å². The van der Waals surface area contributed by atoms with Crippen molar-refractivity contribution in [2.24, 2.45) is 0 Å². The van der Waals surface area contributed by atoms with Crippen molar-refractivity contribution in [2.75, 3.05) is 23.7 Å². The lowest BCUT2D eigenvalue weighted by atomic mass is 10.1. The van der Waals surface area contributed by atoms with Crippen LogP contribution in [-0.2, 0) is 4.74 Å². The predicted octanol–water partition coefficient (Wildman–Crippen LogP) is 2.15. The highest BCUT2D eigenvalue weighted by Gasteiger charge is 2.35. The molecule has 4 heterocycles. The third-order valence-corrected chi connectivity index (χ3v) is 4.90. The van der Waals surface area contributed by atoms with Gasteiger partial charge < -0.3 is 15.4 Å². The van der Waals surface area contributed by atoms with E-state index in [1.54, 1.807) is 6.20 Å². The summed E-state index contributed by atoms with van der Waals surface area (Å²) in [6.07, 6.45) is 6.67. The molecule has 2 saturated heterocycles. The third-order valence-electron chi connectivity index (χ3n) is 3.98. The summed E-state index contributed by atoms with van der Waals surface area (Å²) < 4.78 is 10.2. The number of morpholine rings is 1. The highest BCUT2D eigenvalue weighted by Crippen LogP contribution is 2.41. The van der Waals surface area contributed by atoms with Gasteiger partial charge >= 0.3 is 0 Å². The zero-order valence-electron chi connectivity index (χ0n) is 11.0. The van der Waals surface area contributed by atoms with Crippen LogP contribution in [0.2, 0.25) is 0 Å². The number of aromatic nitrogens is 2. The normalized spacial score (nSPS) is 25.1. The first kappa shape index (κ1) is 12.1. The molecular weight excluding hydrogens is 272 g/mol. The maximum atomic E-state index is 6.08. The maximum Gasteiger partial charge on any atom is 0.147 e. The quantitative estimate of drug-likeness (QED) is 0.917. The lowest BCUT2D eigenvalue weighted by Crippen LogP contribution is -2.42. The smallest absolute Gasteiger partial charge is 0.147 e. The van der Waals surface area contributed by atoms with Crippen LogP contribution in [0.1, 0.15) is 12.8 Å². The van der Waals surface area contributed by atoms with E-state index in [1.807, 2.05) is 18.3 Å². The molecule has 2 bridgehead atoms. The first-order chi connectivity index (χ1) is 9.81. The number of hydrogen-bond donors (Lipinski definition) is 1. The van der Waals surface area contributed by atoms with Crippen molar-refractivity contribution in [2.45, 2.75) is 25.0 Å². The molecule has 2 aromatic rings. The lowest BCUT2D eigenvalue weighted by molar-refractivity contribution is 0.0307. The van der Waals surface area contributed by atoms with E-state index in [1.165, 1.54) is 11.5 Å². The van der Waals surface area contributed by atoms with E-state index >= 15 is 0 Å². The van der Waals surface area contributed by atoms with Crippen LogP contribution in [0.15, 0.2) is 24.5 Å². The molecule has 2 fully saturated rings. The molecule has 104 valence electrons. The number of pyridine rings is 1. The summed E-state index contributed by atoms with van der Waals surface area (Å²) in [6, 6.07) is 3.96. The zero-order valence-corrected chi connectivity index (χ0v) is 11.8. The number of ether oxygens (including phenoxy) is 1. The second-order valence-electron chi connectivity index (χ2n) is 5.35. The fourth-order valence-corrected chi connectivity index (χ4v) is 3.93. The van der Waals surface area contributed by atoms with Gasteiger partial charge in [0, 0.05) is 31.0 Å². The molecule has 0 spiro atoms. The van der Waals surface area contributed by atoms with Crippen LogP contribution in [0.25, 0.3) is 11.1 Å². The predicted molar refractivity (Wildman–Crippen MR) is 79.9 cm³/mol. The summed E-state index contributed by atoms with van der Waals surface area (Å²) in [4.78, 5) is 6.57. The first-order valence-corrected chi connectivity index (χ1v) is 7.64. The van der Waals surface area contributed by atoms with Gasteiger partial charge in [-0.3, -0.25) is 4.98 Å². The van der Waals surface area contributed by atoms with Crippen molar-refractivity contribution in [3.8, 4) is 11.1 Å². The molecule has 2 aliphatic heterocycles. The van der Waals surface area contributed by atoms with Crippen LogP contribution >= 0.6 is 11.5 Å². The highest BCUT2D eigenvalue weighted by molar-refractivity contribution is 7.11. The number of nitrogen functional groups attached to an aromatic ring is 1. The minimum absolute atomic E-state index is 0.360. The van der Waals surface area contributed by atoms with E-state index in [0.717, 1.165) is 42.1 Å². The fourth-order valence-electron chi connectivity index (χ4n) is 3.07. The highest BCUT2D eigenvalue weighted by atomic mass is 32.1. The summed E-state index contributed by atoms with van der Waals surface area (Å²) in [5.41, 5.74) is 8.13. The first-order valence-electron chi connectivity index (χ1n) is 6.87. The zero-order chi connectivity index (χ0) is 13.5. The number of hydrogen-bond acceptors (Lipinski definition) is 6. The maximum absolute atomic E-state index is 6.08. The summed E-state index contributed by atoms with van der Waals surface area (Å²) in [5, 5.41) is 1.15. The third kappa shape index (κ3) is 1.96. The van der Waals surface area contributed by atoms with Crippen molar-refractivity contribution in [3.05, 3.63) is 24.5 Å². The van der Waals surface area contributed by atoms with Crippen LogP contribution in [0.3, 0.4) is 0 Å². The monoisotopic (exact) mass is 288 g/mol. The van der Waals surface area contributed by atoms with Gasteiger partial charge in [0.2, 0.25) is 0 Å². The van der Waals surface area contributed by atoms with Gasteiger partial charge in [-0.2, -0.15) is 4.37 Å². The Morgan fingerprint density at radius 3 is 2.80 bits per heavy atom. The molecule has 0 amide bonds. The molecule has 0 radical (unpaired) electrons. The van der Waals surface area contributed by atoms with Gasteiger partial charge in [0.25, 0.3) is 0 Å². The van der Waals surface area contributed by atoms with E-state index in [4.69, 9.17) is 10.5 Å². The number of fused-ring (bicyclic) bond motifs is 2. The van der Waals surface area contributed by atoms with Crippen LogP contribution < -0.4 is 10.6 Å². The molecule has 0 saturated carbocycles. The summed E-state index contributed by atoms with van der Waals surface area (Å²) in [7, 11) is 0. The number of nitrogens with zero attached hydrogens (tertiary/aromatic N) is 3. The van der Waals surface area contributed by atoms with Gasteiger partial charge in [-0.05, 0) is 30.4 Å². The molecule has 2 unspecified atom stereocenters. The van der Waals surface area contributed by atoms with Crippen molar-refractivity contribution in [1.82, 2.24) is 9.36 Å². The summed E-state index contributed by atoms with van der Waals surface area (Å²) in [6.45, 7) is 1.87. The summed E-state index contributed by atoms with van der Waals surface area (Å²) in [5.74, 6) is 0.594. The van der Waals surface area contributed by atoms with Gasteiger partial charge in [0.15, 0.2) is 0 Å². The molecule has 5 nitrogen and oxygen atoms in total. The molecule has 4 rings (SSSR count). The molecule has 2 N–H and O–H groups in total. The Hall–Kier alpha value is -1.66. The van der Waals surface area contributed by atoms with Gasteiger partial charge in [-0.15, -0.1) is 0 Å². The number of anilines is 2. The van der Waals surface area contributed by atoms with Gasteiger partial charge in [-0.1, -0.05) is 6.07 Å². The number of rotatable bonds is 2. The second kappa shape index (κ2) is 4.71. The number of nitrogens with two attached hydrogens (primary N) is 1. The molecule has 0 aliphatic carbocycles. The molecule has 20 heavy (non-hydrogen) atoms. The van der Waals surface area contributed by atoms with Crippen LogP contribution in [0.4, 0.5) is 10.8 Å². The van der Waals surface area contributed by atoms with E-state index in [0.29, 0.717) is 18.0 Å². The van der Waals surface area contributed by atoms with Gasteiger partial charge in [0.05, 0.1) is 17.8 Å². The molecule has 0 aromatic carbocycles. The second-order valence-corrected chi connectivity index (χ2v) is 6.10. The Morgan fingerprint density at radius 2 is 2.10 bits per heavy atom. The van der Waals surface area contributed by atoms with Gasteiger partial charge in [0.1, 0.15) is 10.8 Å². The van der Waals surface area contributed by atoms with Crippen LogP contribution in [0, 0.1) is 0 Å². The Balaban J connectivity index is 1.73. The Labute approximate surface area is 121 Å². The molecule has 2 aromatic heterocycles. The topological polar surface area (TPSA) is 64.3 Å². The lowest BCUT2D eigenvalue weighted by Gasteiger charge is -2.33. The average molecular weight is 288 g/mol. The van der Waals surface area contributed by atoms with E-state index in [-0.39, 0.29) is 0 Å². The SMILES string of the molecule is Nc1nsc(N2CC3CCC(C2)O3)c1-c1cccnc1. The van der Waals surface area contributed by atoms with Crippen molar-refractivity contribution >= 4 is 22.4 Å². The Morgan fingerprint density at radius 1 is 1.30 bits per heavy atom. The molecule has 2 aliphatic rings. The fraction of sp³-hybridized carbons (Fsp3) is 0.429. The minimum Gasteiger partial charge on any atom is -0.382 e. The van der Waals surface area contributed by atoms with Gasteiger partial charge in [-0.25, -0.2) is 0 Å². The molecule has 6 heteroatoms. The molecule has 2 atom stereocenters. The Bertz CT molecular complexity index is 603.